The molecule has 1 nitrogen and oxygen atoms in total. The van der Waals surface area contributed by atoms with Gasteiger partial charge in [0.15, 0.2) is 0 Å². The number of thioether (sulfide) groups is 1. The van der Waals surface area contributed by atoms with Gasteiger partial charge >= 0.3 is 0 Å². The molecule has 0 saturated carbocycles. The van der Waals surface area contributed by atoms with Crippen molar-refractivity contribution in [2.45, 2.75) is 30.1 Å². The van der Waals surface area contributed by atoms with E-state index in [0.29, 0.717) is 0 Å². The molecular weight excluding hydrogens is 240 g/mol. The van der Waals surface area contributed by atoms with E-state index in [-0.39, 0.29) is 11.4 Å². The first-order valence-corrected chi connectivity index (χ1v) is 7.01. The highest BCUT2D eigenvalue weighted by Gasteiger charge is 2.18. The van der Waals surface area contributed by atoms with E-state index in [9.17, 15) is 5.11 Å². The Labute approximate surface area is 113 Å². The summed E-state index contributed by atoms with van der Waals surface area (Å²) in [6, 6.07) is 18.6. The molecule has 0 aliphatic carbocycles. The third kappa shape index (κ3) is 3.37. The number of benzene rings is 2. The maximum absolute atomic E-state index is 9.98. The fourth-order valence-corrected chi connectivity index (χ4v) is 2.94. The third-order valence-corrected chi connectivity index (χ3v) is 4.31. The van der Waals surface area contributed by atoms with Crippen molar-refractivity contribution in [1.29, 1.82) is 0 Å². The van der Waals surface area contributed by atoms with Gasteiger partial charge in [0, 0.05) is 4.90 Å². The number of aliphatic hydroxyl groups is 1. The van der Waals surface area contributed by atoms with Crippen LogP contribution in [0.1, 0.15) is 23.3 Å². The van der Waals surface area contributed by atoms with Crippen LogP contribution in [-0.4, -0.2) is 11.2 Å². The first kappa shape index (κ1) is 13.2. The van der Waals surface area contributed by atoms with E-state index in [2.05, 4.69) is 43.3 Å². The highest BCUT2D eigenvalue weighted by Crippen LogP contribution is 2.37. The topological polar surface area (TPSA) is 20.2 Å². The zero-order valence-corrected chi connectivity index (χ0v) is 11.5. The Morgan fingerprint density at radius 2 is 1.56 bits per heavy atom. The van der Waals surface area contributed by atoms with Crippen LogP contribution >= 0.6 is 11.8 Å². The van der Waals surface area contributed by atoms with Crippen LogP contribution < -0.4 is 0 Å². The normalized spacial score (nSPS) is 14.2. The average Bonchev–Trinajstić information content (AvgIpc) is 2.38. The predicted molar refractivity (Wildman–Crippen MR) is 77.9 cm³/mol. The molecule has 0 saturated heterocycles. The second kappa shape index (κ2) is 6.07. The highest BCUT2D eigenvalue weighted by molar-refractivity contribution is 7.99. The summed E-state index contributed by atoms with van der Waals surface area (Å²) in [4.78, 5) is 1.18. The molecule has 0 fully saturated rings. The summed E-state index contributed by atoms with van der Waals surface area (Å²) in [5, 5.41) is 10.1. The smallest absolute Gasteiger partial charge is 0.0675 e. The van der Waals surface area contributed by atoms with Gasteiger partial charge in [0.05, 0.1) is 11.4 Å². The van der Waals surface area contributed by atoms with Gasteiger partial charge < -0.3 is 5.11 Å². The van der Waals surface area contributed by atoms with Crippen LogP contribution in [0.4, 0.5) is 0 Å². The Kier molecular flexibility index (Phi) is 4.45. The first-order chi connectivity index (χ1) is 8.66. The molecule has 0 amide bonds. The van der Waals surface area contributed by atoms with Crippen LogP contribution in [0.15, 0.2) is 59.5 Å². The molecule has 2 atom stereocenters. The van der Waals surface area contributed by atoms with Gasteiger partial charge in [0.1, 0.15) is 0 Å². The summed E-state index contributed by atoms with van der Waals surface area (Å²) >= 11 is 1.71. The van der Waals surface area contributed by atoms with E-state index in [0.717, 1.165) is 0 Å². The van der Waals surface area contributed by atoms with E-state index < -0.39 is 0 Å². The van der Waals surface area contributed by atoms with E-state index in [1.807, 2.05) is 25.1 Å². The molecule has 1 N–H and O–H groups in total. The lowest BCUT2D eigenvalue weighted by atomic mass is 10.1. The summed E-state index contributed by atoms with van der Waals surface area (Å²) < 4.78 is 0. The molecule has 0 heterocycles. The Morgan fingerprint density at radius 1 is 0.944 bits per heavy atom. The molecule has 0 spiro atoms. The van der Waals surface area contributed by atoms with Crippen molar-refractivity contribution < 1.29 is 5.11 Å². The maximum Gasteiger partial charge on any atom is 0.0675 e. The summed E-state index contributed by atoms with van der Waals surface area (Å²) in [5.74, 6) is 0. The fraction of sp³-hybridized carbons (Fsp3) is 0.250. The van der Waals surface area contributed by atoms with Crippen LogP contribution in [0.2, 0.25) is 0 Å². The number of hydrogen-bond acceptors (Lipinski definition) is 2. The van der Waals surface area contributed by atoms with Crippen molar-refractivity contribution in [2.75, 3.05) is 0 Å². The Morgan fingerprint density at radius 3 is 2.11 bits per heavy atom. The van der Waals surface area contributed by atoms with Crippen molar-refractivity contribution >= 4 is 11.8 Å². The number of rotatable bonds is 4. The Bertz CT molecular complexity index is 476. The van der Waals surface area contributed by atoms with Crippen LogP contribution in [0.3, 0.4) is 0 Å². The molecule has 0 aliphatic heterocycles. The van der Waals surface area contributed by atoms with Gasteiger partial charge in [-0.3, -0.25) is 0 Å². The largest absolute Gasteiger partial charge is 0.392 e. The summed E-state index contributed by atoms with van der Waals surface area (Å²) in [6.45, 7) is 3.92. The van der Waals surface area contributed by atoms with E-state index in [1.54, 1.807) is 11.8 Å². The van der Waals surface area contributed by atoms with Crippen molar-refractivity contribution in [2.24, 2.45) is 0 Å². The van der Waals surface area contributed by atoms with Crippen LogP contribution in [0, 0.1) is 6.92 Å². The molecule has 0 aromatic heterocycles. The van der Waals surface area contributed by atoms with E-state index in [1.165, 1.54) is 16.0 Å². The monoisotopic (exact) mass is 258 g/mol. The summed E-state index contributed by atoms with van der Waals surface area (Å²) in [7, 11) is 0. The summed E-state index contributed by atoms with van der Waals surface area (Å²) in [6.07, 6.45) is -0.377. The molecule has 94 valence electrons. The molecule has 0 bridgehead atoms. The summed E-state index contributed by atoms with van der Waals surface area (Å²) in [5.41, 5.74) is 2.41. The van der Waals surface area contributed by atoms with Crippen molar-refractivity contribution in [3.63, 3.8) is 0 Å². The lowest BCUT2D eigenvalue weighted by Crippen LogP contribution is -2.11. The SMILES string of the molecule is Cc1ccc([C@@H](Sc2ccccc2)[C@H](C)O)cc1. The average molecular weight is 258 g/mol. The van der Waals surface area contributed by atoms with Gasteiger partial charge in [0.2, 0.25) is 0 Å². The molecule has 2 heteroatoms. The standard InChI is InChI=1S/C16H18OS/c1-12-8-10-14(11-9-12)16(13(2)17)18-15-6-4-3-5-7-15/h3-11,13,16-17H,1-2H3/t13-,16-/m0/s1. The number of hydrogen-bond donors (Lipinski definition) is 1. The number of aliphatic hydroxyl groups excluding tert-OH is 1. The third-order valence-electron chi connectivity index (χ3n) is 2.85. The second-order valence-corrected chi connectivity index (χ2v) is 5.72. The molecule has 2 aromatic carbocycles. The second-order valence-electron chi connectivity index (χ2n) is 4.50. The fourth-order valence-electron chi connectivity index (χ4n) is 1.85. The van der Waals surface area contributed by atoms with Crippen molar-refractivity contribution in [1.82, 2.24) is 0 Å². The molecule has 0 unspecified atom stereocenters. The van der Waals surface area contributed by atoms with Crippen LogP contribution in [0.25, 0.3) is 0 Å². The molecule has 18 heavy (non-hydrogen) atoms. The van der Waals surface area contributed by atoms with Crippen LogP contribution in [-0.2, 0) is 0 Å². The van der Waals surface area contributed by atoms with Gasteiger partial charge in [-0.1, -0.05) is 48.0 Å². The minimum atomic E-state index is -0.377. The Balaban J connectivity index is 2.21. The van der Waals surface area contributed by atoms with Gasteiger partial charge in [-0.2, -0.15) is 0 Å². The zero-order valence-electron chi connectivity index (χ0n) is 10.7. The van der Waals surface area contributed by atoms with Gasteiger partial charge in [-0.15, -0.1) is 11.8 Å². The predicted octanol–water partition coefficient (Wildman–Crippen LogP) is 4.21. The minimum absolute atomic E-state index is 0.0769. The quantitative estimate of drug-likeness (QED) is 0.829. The zero-order chi connectivity index (χ0) is 13.0. The molecule has 0 aliphatic rings. The lowest BCUT2D eigenvalue weighted by molar-refractivity contribution is 0.192. The van der Waals surface area contributed by atoms with Gasteiger partial charge in [-0.25, -0.2) is 0 Å². The highest BCUT2D eigenvalue weighted by atomic mass is 32.2. The van der Waals surface area contributed by atoms with E-state index >= 15 is 0 Å². The minimum Gasteiger partial charge on any atom is -0.392 e. The van der Waals surface area contributed by atoms with Crippen LogP contribution in [0.5, 0.6) is 0 Å². The van der Waals surface area contributed by atoms with Gasteiger partial charge in [-0.05, 0) is 31.5 Å². The van der Waals surface area contributed by atoms with Gasteiger partial charge in [0.25, 0.3) is 0 Å². The van der Waals surface area contributed by atoms with Crippen molar-refractivity contribution in [3.05, 3.63) is 65.7 Å². The molecule has 2 aromatic rings. The first-order valence-electron chi connectivity index (χ1n) is 6.13. The Hall–Kier alpha value is -1.25. The molecule has 0 radical (unpaired) electrons. The maximum atomic E-state index is 9.98. The van der Waals surface area contributed by atoms with Crippen molar-refractivity contribution in [3.8, 4) is 0 Å². The lowest BCUT2D eigenvalue weighted by Gasteiger charge is -2.20. The van der Waals surface area contributed by atoms with E-state index in [4.69, 9.17) is 0 Å². The molecular formula is C16H18OS. The molecule has 2 rings (SSSR count). The number of aryl methyl sites for hydroxylation is 1.